The van der Waals surface area contributed by atoms with Crippen molar-refractivity contribution < 1.29 is 14.3 Å². The lowest BCUT2D eigenvalue weighted by Crippen LogP contribution is -2.40. The van der Waals surface area contributed by atoms with E-state index in [-0.39, 0.29) is 17.9 Å². The number of thioether (sulfide) groups is 1. The summed E-state index contributed by atoms with van der Waals surface area (Å²) in [7, 11) is 0. The Morgan fingerprint density at radius 2 is 1.84 bits per heavy atom. The molecule has 2 heterocycles. The largest absolute Gasteiger partial charge is 0.415 e. The molecule has 166 valence electrons. The summed E-state index contributed by atoms with van der Waals surface area (Å²) in [6, 6.07) is 7.04. The number of carbonyl (C=O) groups excluding carboxylic acids is 2. The van der Waals surface area contributed by atoms with E-state index in [2.05, 4.69) is 20.5 Å². The van der Waals surface area contributed by atoms with Gasteiger partial charge in [-0.2, -0.15) is 0 Å². The van der Waals surface area contributed by atoms with Gasteiger partial charge in [0.2, 0.25) is 11.1 Å². The number of H-pyrrole nitrogens is 1. The van der Waals surface area contributed by atoms with E-state index >= 15 is 0 Å². The number of piperidine rings is 1. The average Bonchev–Trinajstić information content (AvgIpc) is 3.33. The topological polar surface area (TPSA) is 100 Å². The molecule has 2 aromatic rings. The van der Waals surface area contributed by atoms with Gasteiger partial charge in [0.05, 0.1) is 0 Å². The molecule has 1 saturated heterocycles. The van der Waals surface area contributed by atoms with E-state index in [1.807, 2.05) is 0 Å². The smallest absolute Gasteiger partial charge is 0.410 e. The van der Waals surface area contributed by atoms with E-state index < -0.39 is 0 Å². The number of nitrogens with one attached hydrogen (secondary N) is 2. The van der Waals surface area contributed by atoms with Gasteiger partial charge in [0, 0.05) is 30.4 Å². The van der Waals surface area contributed by atoms with Crippen LogP contribution in [0.4, 0.5) is 10.5 Å². The Balaban J connectivity index is 1.19. The Kier molecular flexibility index (Phi) is 7.45. The lowest BCUT2D eigenvalue weighted by molar-refractivity contribution is -0.120. The summed E-state index contributed by atoms with van der Waals surface area (Å²) in [4.78, 5) is 30.7. The molecule has 1 aromatic heterocycles. The number of benzene rings is 1. The molecule has 31 heavy (non-hydrogen) atoms. The van der Waals surface area contributed by atoms with Crippen LogP contribution in [0.5, 0.6) is 5.75 Å². The van der Waals surface area contributed by atoms with Gasteiger partial charge in [0.15, 0.2) is 0 Å². The van der Waals surface area contributed by atoms with Gasteiger partial charge in [0.25, 0.3) is 0 Å². The summed E-state index contributed by atoms with van der Waals surface area (Å²) >= 11 is 1.64. The molecule has 2 amide bonds. The van der Waals surface area contributed by atoms with Crippen molar-refractivity contribution in [1.29, 1.82) is 0 Å². The summed E-state index contributed by atoms with van der Waals surface area (Å²) in [5.41, 5.74) is 0.736. The molecular formula is C22H29N5O3S. The van der Waals surface area contributed by atoms with Gasteiger partial charge in [-0.15, -0.1) is 5.10 Å². The second-order valence-electron chi connectivity index (χ2n) is 8.24. The Morgan fingerprint density at radius 1 is 1.10 bits per heavy atom. The van der Waals surface area contributed by atoms with Crippen LogP contribution >= 0.6 is 11.8 Å². The molecular weight excluding hydrogens is 414 g/mol. The molecule has 0 radical (unpaired) electrons. The van der Waals surface area contributed by atoms with E-state index in [4.69, 9.17) is 4.74 Å². The summed E-state index contributed by atoms with van der Waals surface area (Å²) in [6.07, 6.45) is 8.57. The number of nitrogens with zero attached hydrogens (tertiary/aromatic N) is 3. The number of anilines is 1. The van der Waals surface area contributed by atoms with Crippen molar-refractivity contribution in [1.82, 2.24) is 20.1 Å². The standard InChI is InChI=1S/C22H29N5O3S/c28-20(17-4-2-1-3-5-17)25-18-6-8-19(9-7-18)30-22(29)27-12-10-16(11-13-27)14-31-21-23-15-24-26-21/h6-9,15-17H,1-5,10-14H2,(H,25,28)(H,23,24,26). The minimum absolute atomic E-state index is 0.0912. The Hall–Kier alpha value is -2.55. The first-order valence-electron chi connectivity index (χ1n) is 11.0. The van der Waals surface area contributed by atoms with Crippen LogP contribution in [0.2, 0.25) is 0 Å². The molecule has 0 unspecified atom stereocenters. The highest BCUT2D eigenvalue weighted by Crippen LogP contribution is 2.27. The van der Waals surface area contributed by atoms with Crippen LogP contribution < -0.4 is 10.1 Å². The molecule has 0 bridgehead atoms. The Morgan fingerprint density at radius 3 is 2.52 bits per heavy atom. The van der Waals surface area contributed by atoms with Crippen molar-refractivity contribution in [3.8, 4) is 5.75 Å². The van der Waals surface area contributed by atoms with Crippen molar-refractivity contribution in [2.75, 3.05) is 24.2 Å². The average molecular weight is 444 g/mol. The summed E-state index contributed by atoms with van der Waals surface area (Å²) < 4.78 is 5.53. The fraction of sp³-hybridized carbons (Fsp3) is 0.545. The van der Waals surface area contributed by atoms with Crippen molar-refractivity contribution >= 4 is 29.4 Å². The van der Waals surface area contributed by atoms with E-state index in [1.54, 1.807) is 47.3 Å². The second kappa shape index (κ2) is 10.7. The molecule has 1 aromatic carbocycles. The normalized spacial score (nSPS) is 18.0. The first-order chi connectivity index (χ1) is 15.2. The maximum Gasteiger partial charge on any atom is 0.415 e. The minimum Gasteiger partial charge on any atom is -0.410 e. The molecule has 2 aliphatic rings. The fourth-order valence-corrected chi connectivity index (χ4v) is 5.08. The number of ether oxygens (including phenoxy) is 1. The zero-order valence-corrected chi connectivity index (χ0v) is 18.4. The number of likely N-dealkylation sites (tertiary alicyclic amines) is 1. The number of hydrogen-bond acceptors (Lipinski definition) is 6. The van der Waals surface area contributed by atoms with Gasteiger partial charge in [0.1, 0.15) is 12.1 Å². The number of hydrogen-bond donors (Lipinski definition) is 2. The number of rotatable bonds is 6. The van der Waals surface area contributed by atoms with Gasteiger partial charge in [-0.25, -0.2) is 9.78 Å². The zero-order valence-electron chi connectivity index (χ0n) is 17.6. The van der Waals surface area contributed by atoms with Crippen molar-refractivity contribution in [2.24, 2.45) is 11.8 Å². The van der Waals surface area contributed by atoms with Gasteiger partial charge >= 0.3 is 6.09 Å². The molecule has 1 aliphatic heterocycles. The van der Waals surface area contributed by atoms with Crippen molar-refractivity contribution in [2.45, 2.75) is 50.1 Å². The quantitative estimate of drug-likeness (QED) is 0.645. The third-order valence-corrected chi connectivity index (χ3v) is 7.11. The molecule has 9 heteroatoms. The minimum atomic E-state index is -0.320. The molecule has 0 atom stereocenters. The zero-order chi connectivity index (χ0) is 21.5. The van der Waals surface area contributed by atoms with Crippen LogP contribution in [0.25, 0.3) is 0 Å². The third kappa shape index (κ3) is 6.22. The van der Waals surface area contributed by atoms with Crippen LogP contribution in [0, 0.1) is 11.8 Å². The van der Waals surface area contributed by atoms with Gasteiger partial charge in [-0.3, -0.25) is 9.89 Å². The van der Waals surface area contributed by atoms with Crippen LogP contribution in [0.1, 0.15) is 44.9 Å². The highest BCUT2D eigenvalue weighted by atomic mass is 32.2. The molecule has 1 aliphatic carbocycles. The number of aromatic nitrogens is 3. The highest BCUT2D eigenvalue weighted by Gasteiger charge is 2.25. The second-order valence-corrected chi connectivity index (χ2v) is 9.23. The van der Waals surface area contributed by atoms with Crippen molar-refractivity contribution in [3.05, 3.63) is 30.6 Å². The maximum absolute atomic E-state index is 12.5. The summed E-state index contributed by atoms with van der Waals surface area (Å²) in [5, 5.41) is 10.5. The lowest BCUT2D eigenvalue weighted by Gasteiger charge is -2.30. The van der Waals surface area contributed by atoms with Crippen molar-refractivity contribution in [3.63, 3.8) is 0 Å². The summed E-state index contributed by atoms with van der Waals surface area (Å²) in [6.45, 7) is 1.38. The Bertz CT molecular complexity index is 845. The monoisotopic (exact) mass is 443 g/mol. The maximum atomic E-state index is 12.5. The third-order valence-electron chi connectivity index (χ3n) is 6.02. The van der Waals surface area contributed by atoms with E-state index in [9.17, 15) is 9.59 Å². The molecule has 0 spiro atoms. The van der Waals surface area contributed by atoms with Gasteiger partial charge < -0.3 is 15.0 Å². The molecule has 2 N–H and O–H groups in total. The Labute approximate surface area is 186 Å². The number of amides is 2. The predicted octanol–water partition coefficient (Wildman–Crippen LogP) is 4.33. The van der Waals surface area contributed by atoms with E-state index in [0.29, 0.717) is 24.8 Å². The molecule has 4 rings (SSSR count). The number of carbonyl (C=O) groups is 2. The molecule has 2 fully saturated rings. The van der Waals surface area contributed by atoms with Gasteiger partial charge in [-0.1, -0.05) is 31.0 Å². The summed E-state index contributed by atoms with van der Waals surface area (Å²) in [5.74, 6) is 2.19. The molecule has 8 nitrogen and oxygen atoms in total. The predicted molar refractivity (Wildman–Crippen MR) is 119 cm³/mol. The van der Waals surface area contributed by atoms with Crippen LogP contribution in [0.3, 0.4) is 0 Å². The van der Waals surface area contributed by atoms with Gasteiger partial charge in [-0.05, 0) is 55.9 Å². The number of aromatic amines is 1. The van der Waals surface area contributed by atoms with Crippen LogP contribution in [-0.4, -0.2) is 50.9 Å². The molecule has 1 saturated carbocycles. The lowest BCUT2D eigenvalue weighted by atomic mass is 9.88. The van der Waals surface area contributed by atoms with Crippen LogP contribution in [-0.2, 0) is 4.79 Å². The van der Waals surface area contributed by atoms with E-state index in [1.165, 1.54) is 6.42 Å². The van der Waals surface area contributed by atoms with Crippen LogP contribution in [0.15, 0.2) is 35.7 Å². The van der Waals surface area contributed by atoms with E-state index in [0.717, 1.165) is 55.1 Å². The highest BCUT2D eigenvalue weighted by molar-refractivity contribution is 7.99. The fourth-order valence-electron chi connectivity index (χ4n) is 4.12. The first kappa shape index (κ1) is 21.7. The first-order valence-corrected chi connectivity index (χ1v) is 12.0. The SMILES string of the molecule is O=C(Nc1ccc(OC(=O)N2CCC(CSc3nc[nH]n3)CC2)cc1)C1CCCCC1.